The van der Waals surface area contributed by atoms with E-state index < -0.39 is 5.97 Å². The van der Waals surface area contributed by atoms with E-state index in [1.54, 1.807) is 0 Å². The first-order valence-electron chi connectivity index (χ1n) is 2.07. The number of methoxy groups -OCH3 is 1. The van der Waals surface area contributed by atoms with Crippen LogP contribution in [-0.4, -0.2) is 23.2 Å². The van der Waals surface area contributed by atoms with Crippen LogP contribution in [0, 0.1) is 0 Å². The van der Waals surface area contributed by atoms with E-state index in [1.807, 2.05) is 0 Å². The Balaban J connectivity index is 0. The van der Waals surface area contributed by atoms with E-state index >= 15 is 0 Å². The summed E-state index contributed by atoms with van der Waals surface area (Å²) >= 11 is 5.45. The number of thiocarbonyl (C=S) groups is 1. The van der Waals surface area contributed by atoms with Crippen LogP contribution in [0.15, 0.2) is 0 Å². The minimum absolute atomic E-state index is 0. The third-order valence-corrected chi connectivity index (χ3v) is 1.78. The first-order valence-corrected chi connectivity index (χ1v) is 3.46. The van der Waals surface area contributed by atoms with Crippen LogP contribution in [0.3, 0.4) is 0 Å². The third-order valence-electron chi connectivity index (χ3n) is 0.475. The fourth-order valence-corrected chi connectivity index (χ4v) is 0.707. The number of carboxylic acids is 1. The number of carbonyl (C=O) groups is 1. The largest absolute Gasteiger partial charge is 1.00 e. The second kappa shape index (κ2) is 7.81. The molecule has 6 heteroatoms. The Kier molecular flexibility index (Phi) is 10.4. The van der Waals surface area contributed by atoms with Crippen LogP contribution in [0.2, 0.25) is 0 Å². The molecule has 0 amide bonds. The summed E-state index contributed by atoms with van der Waals surface area (Å²) in [5.41, 5.74) is 0. The Morgan fingerprint density at radius 1 is 1.80 bits per heavy atom. The molecule has 0 N–H and O–H groups in total. The van der Waals surface area contributed by atoms with Crippen LogP contribution in [0.1, 0.15) is 0 Å². The molecule has 0 aromatic carbocycles. The van der Waals surface area contributed by atoms with Crippen LogP contribution < -0.4 is 34.7 Å². The smallest absolute Gasteiger partial charge is 0.549 e. The number of carboxylic acid groups (broad SMARTS) is 1. The molecule has 0 aliphatic rings. The van der Waals surface area contributed by atoms with Crippen molar-refractivity contribution in [1.29, 1.82) is 0 Å². The molecular formula is C4H5NaO3S2. The van der Waals surface area contributed by atoms with Crippen LogP contribution >= 0.6 is 24.0 Å². The number of hydrogen-bond acceptors (Lipinski definition) is 5. The Hall–Kier alpha value is 0.710. The number of carbonyl (C=O) groups excluding carboxylic acids is 1. The van der Waals surface area contributed by atoms with Gasteiger partial charge in [0.1, 0.15) is 0 Å². The van der Waals surface area contributed by atoms with Crippen LogP contribution in [-0.2, 0) is 9.53 Å². The van der Waals surface area contributed by atoms with Crippen molar-refractivity contribution in [3.8, 4) is 0 Å². The average molecular weight is 188 g/mol. The molecular weight excluding hydrogens is 183 g/mol. The van der Waals surface area contributed by atoms with Gasteiger partial charge in [0.05, 0.1) is 13.1 Å². The van der Waals surface area contributed by atoms with Crippen molar-refractivity contribution in [3.05, 3.63) is 0 Å². The Bertz CT molecular complexity index is 128. The maximum Gasteiger partial charge on any atom is 1.00 e. The van der Waals surface area contributed by atoms with Gasteiger partial charge in [-0.3, -0.25) is 0 Å². The zero-order valence-corrected chi connectivity index (χ0v) is 9.38. The fraction of sp³-hybridized carbons (Fsp3) is 0.500. The molecule has 0 heterocycles. The van der Waals surface area contributed by atoms with Gasteiger partial charge in [-0.1, -0.05) is 11.8 Å². The van der Waals surface area contributed by atoms with Crippen molar-refractivity contribution in [2.45, 2.75) is 0 Å². The van der Waals surface area contributed by atoms with Crippen molar-refractivity contribution < 1.29 is 44.2 Å². The molecule has 52 valence electrons. The van der Waals surface area contributed by atoms with E-state index in [9.17, 15) is 9.90 Å². The molecule has 0 aromatic rings. The monoisotopic (exact) mass is 188 g/mol. The summed E-state index contributed by atoms with van der Waals surface area (Å²) in [7, 11) is 1.39. The minimum atomic E-state index is -1.14. The van der Waals surface area contributed by atoms with E-state index in [4.69, 9.17) is 0 Å². The third kappa shape index (κ3) is 8.71. The van der Waals surface area contributed by atoms with E-state index in [1.165, 1.54) is 7.11 Å². The predicted octanol–water partition coefficient (Wildman–Crippen LogP) is -3.60. The SMILES string of the molecule is COC(=S)SCC(=O)[O-].[Na+]. The molecule has 0 rings (SSSR count). The van der Waals surface area contributed by atoms with E-state index in [0.717, 1.165) is 11.8 Å². The second-order valence-electron chi connectivity index (χ2n) is 1.11. The molecule has 0 atom stereocenters. The predicted molar refractivity (Wildman–Crippen MR) is 37.1 cm³/mol. The van der Waals surface area contributed by atoms with E-state index in [-0.39, 0.29) is 39.7 Å². The molecule has 0 saturated heterocycles. The molecule has 0 radical (unpaired) electrons. The summed E-state index contributed by atoms with van der Waals surface area (Å²) < 4.78 is 4.73. The fourth-order valence-electron chi connectivity index (χ4n) is 0.177. The second-order valence-corrected chi connectivity index (χ2v) is 2.69. The molecule has 0 aliphatic carbocycles. The average Bonchev–Trinajstić information content (AvgIpc) is 1.83. The van der Waals surface area contributed by atoms with Gasteiger partial charge >= 0.3 is 29.6 Å². The molecule has 0 spiro atoms. The number of aliphatic carboxylic acids is 1. The van der Waals surface area contributed by atoms with Gasteiger partial charge in [0, 0.05) is 5.75 Å². The molecule has 0 aliphatic heterocycles. The summed E-state index contributed by atoms with van der Waals surface area (Å²) in [4.78, 5) is 9.77. The van der Waals surface area contributed by atoms with Crippen molar-refractivity contribution in [2.24, 2.45) is 0 Å². The van der Waals surface area contributed by atoms with Crippen molar-refractivity contribution >= 4 is 34.3 Å². The van der Waals surface area contributed by atoms with Crippen molar-refractivity contribution in [1.82, 2.24) is 0 Å². The van der Waals surface area contributed by atoms with Crippen molar-refractivity contribution in [2.75, 3.05) is 12.9 Å². The molecule has 0 aromatic heterocycles. The summed E-state index contributed by atoms with van der Waals surface area (Å²) in [5, 5.41) is 9.77. The molecule has 0 unspecified atom stereocenters. The summed E-state index contributed by atoms with van der Waals surface area (Å²) in [6.45, 7) is 0. The zero-order valence-electron chi connectivity index (χ0n) is 5.75. The molecule has 0 fully saturated rings. The van der Waals surface area contributed by atoms with Crippen molar-refractivity contribution in [3.63, 3.8) is 0 Å². The van der Waals surface area contributed by atoms with Crippen LogP contribution in [0.5, 0.6) is 0 Å². The van der Waals surface area contributed by atoms with Gasteiger partial charge in [-0.15, -0.1) is 0 Å². The Labute approximate surface area is 90.8 Å². The first kappa shape index (κ1) is 13.3. The van der Waals surface area contributed by atoms with Crippen LogP contribution in [0.4, 0.5) is 0 Å². The topological polar surface area (TPSA) is 49.4 Å². The Morgan fingerprint density at radius 3 is 2.60 bits per heavy atom. The summed E-state index contributed by atoms with van der Waals surface area (Å²) in [6, 6.07) is 0. The van der Waals surface area contributed by atoms with Crippen LogP contribution in [0.25, 0.3) is 0 Å². The van der Waals surface area contributed by atoms with Gasteiger partial charge < -0.3 is 14.6 Å². The molecule has 3 nitrogen and oxygen atoms in total. The van der Waals surface area contributed by atoms with Gasteiger partial charge in [0.15, 0.2) is 0 Å². The van der Waals surface area contributed by atoms with Gasteiger partial charge in [-0.25, -0.2) is 0 Å². The number of ether oxygens (including phenoxy) is 1. The normalized spacial score (nSPS) is 7.70. The Morgan fingerprint density at radius 2 is 2.30 bits per heavy atom. The summed E-state index contributed by atoms with van der Waals surface area (Å²) in [5.74, 6) is -1.29. The van der Waals surface area contributed by atoms with Gasteiger partial charge in [-0.05, 0) is 12.2 Å². The number of hydrogen-bond donors (Lipinski definition) is 0. The molecule has 0 saturated carbocycles. The molecule has 0 bridgehead atoms. The maximum atomic E-state index is 9.77. The number of thioether (sulfide) groups is 1. The van der Waals surface area contributed by atoms with Gasteiger partial charge in [0.25, 0.3) is 0 Å². The summed E-state index contributed by atoms with van der Waals surface area (Å²) in [6.07, 6.45) is 0. The maximum absolute atomic E-state index is 9.77. The van der Waals surface area contributed by atoms with Gasteiger partial charge in [-0.2, -0.15) is 0 Å². The van der Waals surface area contributed by atoms with E-state index in [0.29, 0.717) is 0 Å². The standard InChI is InChI=1S/C4H6O3S2.Na/c1-7-4(8)9-2-3(5)6;/h2H2,1H3,(H,5,6);/q;+1/p-1. The first-order chi connectivity index (χ1) is 4.16. The number of rotatable bonds is 2. The minimum Gasteiger partial charge on any atom is -0.549 e. The zero-order chi connectivity index (χ0) is 7.28. The molecule has 10 heavy (non-hydrogen) atoms. The quantitative estimate of drug-likeness (QED) is 0.331. The van der Waals surface area contributed by atoms with E-state index in [2.05, 4.69) is 17.0 Å². The van der Waals surface area contributed by atoms with Gasteiger partial charge in [0.2, 0.25) is 4.38 Å².